The number of nitriles is 1. The van der Waals surface area contributed by atoms with Crippen LogP contribution < -0.4 is 30.6 Å². The lowest BCUT2D eigenvalue weighted by Crippen LogP contribution is -2.62. The van der Waals surface area contributed by atoms with E-state index in [4.69, 9.17) is 17.0 Å². The van der Waals surface area contributed by atoms with Gasteiger partial charge in [-0.1, -0.05) is 13.3 Å². The summed E-state index contributed by atoms with van der Waals surface area (Å²) in [4.78, 5) is 33.8. The van der Waals surface area contributed by atoms with E-state index in [0.29, 0.717) is 36.4 Å². The Morgan fingerprint density at radius 2 is 1.96 bits per heavy atom. The molecule has 15 heteroatoms. The van der Waals surface area contributed by atoms with E-state index < -0.39 is 41.1 Å². The highest BCUT2D eigenvalue weighted by Crippen LogP contribution is 2.49. The number of ether oxygens (including phenoxy) is 1. The van der Waals surface area contributed by atoms with Gasteiger partial charge in [-0.05, 0) is 69.1 Å². The molecule has 4 aliphatic rings. The number of anilines is 2. The Morgan fingerprint density at radius 3 is 2.58 bits per heavy atom. The smallest absolute Gasteiger partial charge is 0.419 e. The molecule has 1 saturated carbocycles. The van der Waals surface area contributed by atoms with Gasteiger partial charge in [-0.2, -0.15) is 18.4 Å². The van der Waals surface area contributed by atoms with Crippen LogP contribution in [0.2, 0.25) is 0 Å². The first-order chi connectivity index (χ1) is 21.4. The van der Waals surface area contributed by atoms with Gasteiger partial charge in [-0.3, -0.25) is 19.8 Å². The van der Waals surface area contributed by atoms with Gasteiger partial charge in [0.1, 0.15) is 29.6 Å². The summed E-state index contributed by atoms with van der Waals surface area (Å²) in [6.45, 7) is 4.31. The fourth-order valence-electron chi connectivity index (χ4n) is 6.89. The molecule has 1 aliphatic carbocycles. The molecule has 1 aromatic heterocycles. The number of thiocarbonyl (C=S) groups is 1. The SMILES string of the molecule is CCCC1NN(C)C2C(=O)NC(c3cc(N4C(=S)N(c5cnc(C#N)c(C(F)(F)F)c5)C(=O)C45CCC5)ccc3OCC)NC12. The third kappa shape index (κ3) is 5.00. The van der Waals surface area contributed by atoms with Gasteiger partial charge in [0.15, 0.2) is 10.8 Å². The van der Waals surface area contributed by atoms with Crippen molar-refractivity contribution in [3.63, 3.8) is 0 Å². The second-order valence-electron chi connectivity index (χ2n) is 11.7. The molecule has 2 aromatic rings. The number of halogens is 3. The van der Waals surface area contributed by atoms with Crippen molar-refractivity contribution in [2.45, 2.75) is 82.0 Å². The Morgan fingerprint density at radius 1 is 1.20 bits per heavy atom. The molecular formula is C30H33F3N8O3S. The first kappa shape index (κ1) is 31.2. The van der Waals surface area contributed by atoms with Crippen LogP contribution in [0.3, 0.4) is 0 Å². The lowest BCUT2D eigenvalue weighted by molar-refractivity contribution is -0.138. The van der Waals surface area contributed by atoms with E-state index in [0.717, 1.165) is 36.4 Å². The van der Waals surface area contributed by atoms with Gasteiger partial charge in [0, 0.05) is 24.3 Å². The number of likely N-dealkylation sites (N-methyl/N-ethyl adjacent to an activating group) is 1. The molecular weight excluding hydrogens is 609 g/mol. The van der Waals surface area contributed by atoms with Crippen molar-refractivity contribution in [3.05, 3.63) is 47.3 Å². The lowest BCUT2D eigenvalue weighted by Gasteiger charge is -2.43. The van der Waals surface area contributed by atoms with Crippen LogP contribution in [0.15, 0.2) is 30.5 Å². The second-order valence-corrected chi connectivity index (χ2v) is 12.1. The fraction of sp³-hybridized carbons (Fsp3) is 0.500. The van der Waals surface area contributed by atoms with Crippen LogP contribution in [0.5, 0.6) is 5.75 Å². The quantitative estimate of drug-likeness (QED) is 0.387. The van der Waals surface area contributed by atoms with E-state index in [1.807, 2.05) is 25.0 Å². The largest absolute Gasteiger partial charge is 0.493 e. The Hall–Kier alpha value is -3.84. The monoisotopic (exact) mass is 642 g/mol. The molecule has 3 saturated heterocycles. The molecule has 4 atom stereocenters. The number of carbonyl (C=O) groups excluding carboxylic acids is 2. The maximum Gasteiger partial charge on any atom is 0.419 e. The van der Waals surface area contributed by atoms with Gasteiger partial charge >= 0.3 is 6.18 Å². The predicted octanol–water partition coefficient (Wildman–Crippen LogP) is 3.51. The van der Waals surface area contributed by atoms with E-state index in [9.17, 15) is 28.0 Å². The fourth-order valence-corrected chi connectivity index (χ4v) is 7.36. The molecule has 45 heavy (non-hydrogen) atoms. The number of hydrazine groups is 1. The summed E-state index contributed by atoms with van der Waals surface area (Å²) in [5.74, 6) is -0.0679. The molecule has 4 unspecified atom stereocenters. The zero-order valence-electron chi connectivity index (χ0n) is 24.9. The summed E-state index contributed by atoms with van der Waals surface area (Å²) in [7, 11) is 1.84. The average Bonchev–Trinajstić information content (AvgIpc) is 3.42. The standard InChI is InChI=1S/C30H33F3N8O3S/c1-4-7-20-23-24(39(3)38-20)26(42)37-25(36-23)18-12-16(8-9-22(18)44-5-2)41-28(45)40(27(43)29(41)10-6-11-29)17-13-19(30(31,32)33)21(14-34)35-15-17/h8-9,12-13,15,20,23-25,36,38H,4-7,10-11H2,1-3H3,(H,37,42). The highest BCUT2D eigenvalue weighted by molar-refractivity contribution is 7.81. The highest BCUT2D eigenvalue weighted by atomic mass is 32.1. The van der Waals surface area contributed by atoms with E-state index in [-0.39, 0.29) is 28.8 Å². The highest BCUT2D eigenvalue weighted by Gasteiger charge is 2.60. The number of amides is 2. The number of hydrogen-bond donors (Lipinski definition) is 3. The van der Waals surface area contributed by atoms with E-state index in [1.165, 1.54) is 6.07 Å². The minimum Gasteiger partial charge on any atom is -0.493 e. The van der Waals surface area contributed by atoms with Crippen molar-refractivity contribution >= 4 is 40.5 Å². The Labute approximate surface area is 263 Å². The number of aromatic nitrogens is 1. The molecule has 6 rings (SSSR count). The first-order valence-electron chi connectivity index (χ1n) is 14.9. The number of alkyl halides is 3. The van der Waals surface area contributed by atoms with Crippen LogP contribution in [-0.4, -0.2) is 64.2 Å². The van der Waals surface area contributed by atoms with Crippen molar-refractivity contribution in [2.75, 3.05) is 23.5 Å². The summed E-state index contributed by atoms with van der Waals surface area (Å²) < 4.78 is 47.3. The number of hydrogen-bond acceptors (Lipinski definition) is 9. The molecule has 4 fully saturated rings. The van der Waals surface area contributed by atoms with Crippen LogP contribution in [-0.2, 0) is 15.8 Å². The molecule has 238 valence electrons. The molecule has 3 N–H and O–H groups in total. The van der Waals surface area contributed by atoms with Crippen molar-refractivity contribution in [1.29, 1.82) is 5.26 Å². The molecule has 0 bridgehead atoms. The average molecular weight is 643 g/mol. The van der Waals surface area contributed by atoms with Crippen LogP contribution >= 0.6 is 12.2 Å². The van der Waals surface area contributed by atoms with E-state index in [1.54, 1.807) is 17.0 Å². The number of benzene rings is 1. The lowest BCUT2D eigenvalue weighted by atomic mass is 9.75. The Kier molecular flexibility index (Phi) is 7.97. The van der Waals surface area contributed by atoms with Gasteiger partial charge in [-0.15, -0.1) is 0 Å². The van der Waals surface area contributed by atoms with Gasteiger partial charge in [0.05, 0.1) is 30.1 Å². The topological polar surface area (TPSA) is 126 Å². The van der Waals surface area contributed by atoms with Crippen molar-refractivity contribution in [2.24, 2.45) is 0 Å². The van der Waals surface area contributed by atoms with Crippen molar-refractivity contribution in [3.8, 4) is 11.8 Å². The number of nitrogens with zero attached hydrogens (tertiary/aromatic N) is 5. The zero-order valence-corrected chi connectivity index (χ0v) is 25.8. The van der Waals surface area contributed by atoms with Crippen LogP contribution in [0.4, 0.5) is 24.5 Å². The number of rotatable bonds is 7. The zero-order chi connectivity index (χ0) is 32.3. The Balaban J connectivity index is 1.39. The third-order valence-electron chi connectivity index (χ3n) is 9.07. The van der Waals surface area contributed by atoms with E-state index >= 15 is 0 Å². The number of pyridine rings is 1. The minimum absolute atomic E-state index is 0.000211. The van der Waals surface area contributed by atoms with Crippen LogP contribution in [0, 0.1) is 11.3 Å². The van der Waals surface area contributed by atoms with Gasteiger partial charge < -0.3 is 15.0 Å². The first-order valence-corrected chi connectivity index (χ1v) is 15.3. The molecule has 3 aliphatic heterocycles. The van der Waals surface area contributed by atoms with Crippen LogP contribution in [0.25, 0.3) is 0 Å². The molecule has 1 spiro atoms. The molecule has 0 radical (unpaired) electrons. The molecule has 4 heterocycles. The maximum atomic E-state index is 14.0. The minimum atomic E-state index is -4.85. The Bertz CT molecular complexity index is 1590. The van der Waals surface area contributed by atoms with Crippen molar-refractivity contribution < 1.29 is 27.5 Å². The number of nitrogens with one attached hydrogen (secondary N) is 3. The van der Waals surface area contributed by atoms with Gasteiger partial charge in [0.2, 0.25) is 5.91 Å². The summed E-state index contributed by atoms with van der Waals surface area (Å²) in [5, 5.41) is 17.7. The summed E-state index contributed by atoms with van der Waals surface area (Å²) in [6, 6.07) is 6.98. The predicted molar refractivity (Wildman–Crippen MR) is 162 cm³/mol. The van der Waals surface area contributed by atoms with Gasteiger partial charge in [-0.25, -0.2) is 15.4 Å². The summed E-state index contributed by atoms with van der Waals surface area (Å²) in [5.41, 5.74) is 1.28. The number of fused-ring (bicyclic) bond motifs is 1. The number of carbonyl (C=O) groups is 2. The molecule has 1 aromatic carbocycles. The normalized spacial score (nSPS) is 26.1. The molecule has 2 amide bonds. The summed E-state index contributed by atoms with van der Waals surface area (Å²) in [6.07, 6.45) is -1.00. The molecule has 11 nitrogen and oxygen atoms in total. The van der Waals surface area contributed by atoms with Crippen molar-refractivity contribution in [1.82, 2.24) is 26.1 Å². The maximum absolute atomic E-state index is 14.0. The van der Waals surface area contributed by atoms with Gasteiger partial charge in [0.25, 0.3) is 5.91 Å². The van der Waals surface area contributed by atoms with Crippen LogP contribution in [0.1, 0.15) is 68.9 Å². The third-order valence-corrected chi connectivity index (χ3v) is 9.44. The van der Waals surface area contributed by atoms with E-state index in [2.05, 4.69) is 28.0 Å². The summed E-state index contributed by atoms with van der Waals surface area (Å²) >= 11 is 5.80. The second kappa shape index (κ2) is 11.5.